The first-order chi connectivity index (χ1) is 9.82. The van der Waals surface area contributed by atoms with Gasteiger partial charge in [-0.25, -0.2) is 12.8 Å². The zero-order chi connectivity index (χ0) is 15.6. The summed E-state index contributed by atoms with van der Waals surface area (Å²) in [5, 5.41) is 0. The van der Waals surface area contributed by atoms with E-state index in [1.54, 1.807) is 14.1 Å². The number of halogens is 1. The molecule has 1 saturated heterocycles. The van der Waals surface area contributed by atoms with Crippen LogP contribution in [0.4, 0.5) is 4.39 Å². The summed E-state index contributed by atoms with van der Waals surface area (Å²) in [6, 6.07) is 4.80. The number of rotatable bonds is 3. The maximum atomic E-state index is 12.9. The molecule has 0 atom stereocenters. The van der Waals surface area contributed by atoms with E-state index in [0.717, 1.165) is 12.1 Å². The third-order valence-electron chi connectivity index (χ3n) is 3.70. The Balaban J connectivity index is 2.07. The summed E-state index contributed by atoms with van der Waals surface area (Å²) in [6.45, 7) is 0.619. The molecular formula is C14H19FN2O3S. The van der Waals surface area contributed by atoms with Gasteiger partial charge in [0, 0.05) is 33.1 Å². The van der Waals surface area contributed by atoms with Crippen molar-refractivity contribution in [1.29, 1.82) is 0 Å². The first-order valence-corrected chi connectivity index (χ1v) is 8.23. The second-order valence-electron chi connectivity index (χ2n) is 5.36. The van der Waals surface area contributed by atoms with Crippen LogP contribution in [0.5, 0.6) is 0 Å². The fourth-order valence-corrected chi connectivity index (χ4v) is 3.93. The first kappa shape index (κ1) is 15.9. The molecule has 1 fully saturated rings. The van der Waals surface area contributed by atoms with Crippen molar-refractivity contribution < 1.29 is 17.6 Å². The lowest BCUT2D eigenvalue weighted by Gasteiger charge is -2.31. The van der Waals surface area contributed by atoms with Gasteiger partial charge < -0.3 is 4.90 Å². The van der Waals surface area contributed by atoms with Crippen LogP contribution in [0.1, 0.15) is 12.8 Å². The number of nitrogens with zero attached hydrogens (tertiary/aromatic N) is 2. The number of amides is 1. The minimum atomic E-state index is -3.61. The van der Waals surface area contributed by atoms with Crippen molar-refractivity contribution in [2.75, 3.05) is 27.2 Å². The largest absolute Gasteiger partial charge is 0.349 e. The van der Waals surface area contributed by atoms with Gasteiger partial charge in [-0.3, -0.25) is 4.79 Å². The van der Waals surface area contributed by atoms with Gasteiger partial charge in [0.25, 0.3) is 0 Å². The highest BCUT2D eigenvalue weighted by Crippen LogP contribution is 2.24. The molecule has 0 N–H and O–H groups in total. The summed E-state index contributed by atoms with van der Waals surface area (Å²) in [7, 11) is -0.210. The minimum absolute atomic E-state index is 0.0360. The Hall–Kier alpha value is -1.47. The highest BCUT2D eigenvalue weighted by atomic mass is 32.2. The van der Waals surface area contributed by atoms with Crippen LogP contribution in [0.25, 0.3) is 0 Å². The molecule has 1 aromatic carbocycles. The molecule has 0 aromatic heterocycles. The van der Waals surface area contributed by atoms with Crippen LogP contribution in [0.3, 0.4) is 0 Å². The van der Waals surface area contributed by atoms with E-state index in [0.29, 0.717) is 25.9 Å². The van der Waals surface area contributed by atoms with Gasteiger partial charge in [0.2, 0.25) is 15.9 Å². The summed E-state index contributed by atoms with van der Waals surface area (Å²) < 4.78 is 39.1. The highest BCUT2D eigenvalue weighted by molar-refractivity contribution is 7.89. The molecule has 0 radical (unpaired) electrons. The molecule has 7 heteroatoms. The van der Waals surface area contributed by atoms with Crippen molar-refractivity contribution in [3.8, 4) is 0 Å². The fraction of sp³-hybridized carbons (Fsp3) is 0.500. The molecule has 0 unspecified atom stereocenters. The molecule has 1 amide bonds. The van der Waals surface area contributed by atoms with E-state index in [2.05, 4.69) is 0 Å². The maximum Gasteiger partial charge on any atom is 0.243 e. The van der Waals surface area contributed by atoms with E-state index in [1.807, 2.05) is 0 Å². The average molecular weight is 314 g/mol. The standard InChI is InChI=1S/C14H19FN2O3S/c1-16(2)14(18)11-7-9-17(10-8-11)21(19,20)13-5-3-12(15)4-6-13/h3-6,11H,7-10H2,1-2H3. The molecule has 1 aromatic rings. The third kappa shape index (κ3) is 3.41. The summed E-state index contributed by atoms with van der Waals surface area (Å²) in [6.07, 6.45) is 1.02. The Morgan fingerprint density at radius 2 is 1.71 bits per heavy atom. The van der Waals surface area contributed by atoms with Crippen molar-refractivity contribution in [2.45, 2.75) is 17.7 Å². The number of carbonyl (C=O) groups is 1. The Bertz CT molecular complexity index is 606. The van der Waals surface area contributed by atoms with E-state index >= 15 is 0 Å². The van der Waals surface area contributed by atoms with Crippen LogP contribution in [-0.2, 0) is 14.8 Å². The van der Waals surface area contributed by atoms with Crippen LogP contribution in [0.15, 0.2) is 29.2 Å². The number of sulfonamides is 1. The van der Waals surface area contributed by atoms with Gasteiger partial charge >= 0.3 is 0 Å². The van der Waals surface area contributed by atoms with Crippen LogP contribution in [0, 0.1) is 11.7 Å². The number of hydrogen-bond acceptors (Lipinski definition) is 3. The summed E-state index contributed by atoms with van der Waals surface area (Å²) in [4.78, 5) is 13.5. The first-order valence-electron chi connectivity index (χ1n) is 6.79. The van der Waals surface area contributed by atoms with Crippen LogP contribution < -0.4 is 0 Å². The molecule has 116 valence electrons. The van der Waals surface area contributed by atoms with Crippen molar-refractivity contribution in [2.24, 2.45) is 5.92 Å². The maximum absolute atomic E-state index is 12.9. The quantitative estimate of drug-likeness (QED) is 0.845. The molecule has 2 rings (SSSR count). The van der Waals surface area contributed by atoms with Crippen LogP contribution in [0.2, 0.25) is 0 Å². The third-order valence-corrected chi connectivity index (χ3v) is 5.61. The van der Waals surface area contributed by atoms with Gasteiger partial charge in [-0.05, 0) is 37.1 Å². The normalized spacial score (nSPS) is 17.7. The fourth-order valence-electron chi connectivity index (χ4n) is 2.46. The molecule has 0 saturated carbocycles. The molecule has 1 aliphatic heterocycles. The van der Waals surface area contributed by atoms with Gasteiger partial charge in [-0.15, -0.1) is 0 Å². The van der Waals surface area contributed by atoms with Gasteiger partial charge in [0.05, 0.1) is 4.90 Å². The summed E-state index contributed by atoms with van der Waals surface area (Å²) >= 11 is 0. The van der Waals surface area contributed by atoms with E-state index < -0.39 is 15.8 Å². The molecule has 0 spiro atoms. The van der Waals surface area contributed by atoms with E-state index in [9.17, 15) is 17.6 Å². The number of hydrogen-bond donors (Lipinski definition) is 0. The zero-order valence-electron chi connectivity index (χ0n) is 12.1. The highest BCUT2D eigenvalue weighted by Gasteiger charge is 2.32. The summed E-state index contributed by atoms with van der Waals surface area (Å²) in [5.74, 6) is -0.558. The smallest absolute Gasteiger partial charge is 0.243 e. The molecule has 1 aliphatic rings. The van der Waals surface area contributed by atoms with Gasteiger partial charge in [0.15, 0.2) is 0 Å². The minimum Gasteiger partial charge on any atom is -0.349 e. The predicted molar refractivity (Wildman–Crippen MR) is 76.6 cm³/mol. The van der Waals surface area contributed by atoms with Crippen molar-refractivity contribution in [1.82, 2.24) is 9.21 Å². The van der Waals surface area contributed by atoms with Gasteiger partial charge in [0.1, 0.15) is 5.82 Å². The van der Waals surface area contributed by atoms with E-state index in [4.69, 9.17) is 0 Å². The predicted octanol–water partition coefficient (Wildman–Crippen LogP) is 1.31. The average Bonchev–Trinajstić information content (AvgIpc) is 2.47. The number of piperidine rings is 1. The molecule has 5 nitrogen and oxygen atoms in total. The number of benzene rings is 1. The van der Waals surface area contributed by atoms with Gasteiger partial charge in [-0.1, -0.05) is 0 Å². The topological polar surface area (TPSA) is 57.7 Å². The van der Waals surface area contributed by atoms with Crippen molar-refractivity contribution in [3.05, 3.63) is 30.1 Å². The molecule has 21 heavy (non-hydrogen) atoms. The molecule has 1 heterocycles. The Kier molecular flexibility index (Phi) is 4.63. The Morgan fingerprint density at radius 3 is 2.19 bits per heavy atom. The number of carbonyl (C=O) groups excluding carboxylic acids is 1. The second-order valence-corrected chi connectivity index (χ2v) is 7.30. The van der Waals surface area contributed by atoms with Gasteiger partial charge in [-0.2, -0.15) is 4.31 Å². The van der Waals surface area contributed by atoms with E-state index in [-0.39, 0.29) is 16.7 Å². The zero-order valence-corrected chi connectivity index (χ0v) is 12.9. The van der Waals surface area contributed by atoms with E-state index in [1.165, 1.54) is 21.3 Å². The molecule has 0 aliphatic carbocycles. The monoisotopic (exact) mass is 314 g/mol. The lowest BCUT2D eigenvalue weighted by molar-refractivity contribution is -0.134. The lowest BCUT2D eigenvalue weighted by atomic mass is 9.97. The summed E-state index contributed by atoms with van der Waals surface area (Å²) in [5.41, 5.74) is 0. The van der Waals surface area contributed by atoms with Crippen LogP contribution in [-0.4, -0.2) is 50.7 Å². The van der Waals surface area contributed by atoms with Crippen molar-refractivity contribution in [3.63, 3.8) is 0 Å². The second kappa shape index (κ2) is 6.11. The molecular weight excluding hydrogens is 295 g/mol. The molecule has 0 bridgehead atoms. The Labute approximate surface area is 124 Å². The van der Waals surface area contributed by atoms with Crippen molar-refractivity contribution >= 4 is 15.9 Å². The Morgan fingerprint density at radius 1 is 1.19 bits per heavy atom. The lowest BCUT2D eigenvalue weighted by Crippen LogP contribution is -2.42. The SMILES string of the molecule is CN(C)C(=O)C1CCN(S(=O)(=O)c2ccc(F)cc2)CC1. The van der Waals surface area contributed by atoms with Crippen LogP contribution >= 0.6 is 0 Å².